The lowest BCUT2D eigenvalue weighted by molar-refractivity contribution is -0.384. The van der Waals surface area contributed by atoms with E-state index in [0.29, 0.717) is 6.54 Å². The van der Waals surface area contributed by atoms with Gasteiger partial charge in [-0.1, -0.05) is 6.42 Å². The van der Waals surface area contributed by atoms with Gasteiger partial charge in [0.25, 0.3) is 5.69 Å². The van der Waals surface area contributed by atoms with E-state index in [1.807, 2.05) is 0 Å². The molecule has 1 saturated carbocycles. The van der Waals surface area contributed by atoms with Gasteiger partial charge in [-0.05, 0) is 36.8 Å². The molecule has 0 aromatic heterocycles. The topological polar surface area (TPSA) is 92.5 Å². The van der Waals surface area contributed by atoms with E-state index in [1.54, 1.807) is 13.0 Å². The Morgan fingerprint density at radius 2 is 2.20 bits per heavy atom. The van der Waals surface area contributed by atoms with Crippen LogP contribution in [-0.4, -0.2) is 22.5 Å². The number of carboxylic acids is 1. The van der Waals surface area contributed by atoms with Gasteiger partial charge in [-0.3, -0.25) is 14.9 Å². The van der Waals surface area contributed by atoms with Crippen molar-refractivity contribution in [3.8, 4) is 0 Å². The van der Waals surface area contributed by atoms with Crippen LogP contribution in [0.5, 0.6) is 0 Å². The monoisotopic (exact) mass is 278 g/mol. The van der Waals surface area contributed by atoms with Crippen LogP contribution in [0.1, 0.15) is 31.2 Å². The Morgan fingerprint density at radius 3 is 2.65 bits per heavy atom. The fourth-order valence-corrected chi connectivity index (χ4v) is 2.66. The SMILES string of the molecule is Cc1cc([N+](=O)[O-])ccc1NCC1(CC(=O)O)CCC1. The van der Waals surface area contributed by atoms with E-state index in [2.05, 4.69) is 5.32 Å². The quantitative estimate of drug-likeness (QED) is 0.616. The highest BCUT2D eigenvalue weighted by Gasteiger charge is 2.38. The number of nitro groups is 1. The number of carboxylic acid groups (broad SMARTS) is 1. The lowest BCUT2D eigenvalue weighted by Gasteiger charge is -2.41. The van der Waals surface area contributed by atoms with Gasteiger partial charge >= 0.3 is 5.97 Å². The highest BCUT2D eigenvalue weighted by atomic mass is 16.6. The molecule has 0 bridgehead atoms. The third-order valence-corrected chi connectivity index (χ3v) is 4.02. The lowest BCUT2D eigenvalue weighted by atomic mass is 9.66. The van der Waals surface area contributed by atoms with E-state index >= 15 is 0 Å². The Bertz CT molecular complexity index is 538. The Labute approximate surface area is 117 Å². The average molecular weight is 278 g/mol. The van der Waals surface area contributed by atoms with E-state index in [1.165, 1.54) is 12.1 Å². The fraction of sp³-hybridized carbons (Fsp3) is 0.500. The Kier molecular flexibility index (Phi) is 3.92. The molecule has 0 radical (unpaired) electrons. The van der Waals surface area contributed by atoms with Crippen molar-refractivity contribution >= 4 is 17.3 Å². The zero-order valence-electron chi connectivity index (χ0n) is 11.4. The molecule has 0 unspecified atom stereocenters. The molecule has 0 aliphatic heterocycles. The second-order valence-corrected chi connectivity index (χ2v) is 5.53. The van der Waals surface area contributed by atoms with E-state index in [0.717, 1.165) is 30.5 Å². The Balaban J connectivity index is 2.03. The van der Waals surface area contributed by atoms with Crippen LogP contribution in [0.3, 0.4) is 0 Å². The molecule has 2 rings (SSSR count). The summed E-state index contributed by atoms with van der Waals surface area (Å²) in [5.74, 6) is -0.771. The van der Waals surface area contributed by atoms with Gasteiger partial charge in [0.15, 0.2) is 0 Å². The predicted molar refractivity (Wildman–Crippen MR) is 74.9 cm³/mol. The van der Waals surface area contributed by atoms with Crippen molar-refractivity contribution < 1.29 is 14.8 Å². The van der Waals surface area contributed by atoms with Crippen LogP contribution < -0.4 is 5.32 Å². The molecule has 1 aromatic rings. The number of carbonyl (C=O) groups is 1. The maximum absolute atomic E-state index is 10.9. The molecular weight excluding hydrogens is 260 g/mol. The highest BCUT2D eigenvalue weighted by Crippen LogP contribution is 2.44. The van der Waals surface area contributed by atoms with E-state index < -0.39 is 10.9 Å². The van der Waals surface area contributed by atoms with Gasteiger partial charge < -0.3 is 10.4 Å². The van der Waals surface area contributed by atoms with Gasteiger partial charge in [0, 0.05) is 24.4 Å². The minimum absolute atomic E-state index is 0.0666. The van der Waals surface area contributed by atoms with Gasteiger partial charge in [0.05, 0.1) is 11.3 Å². The maximum atomic E-state index is 10.9. The molecule has 0 spiro atoms. The first-order valence-electron chi connectivity index (χ1n) is 6.63. The summed E-state index contributed by atoms with van der Waals surface area (Å²) in [6, 6.07) is 4.66. The number of non-ortho nitro benzene ring substituents is 1. The maximum Gasteiger partial charge on any atom is 0.303 e. The molecule has 2 N–H and O–H groups in total. The van der Waals surface area contributed by atoms with Gasteiger partial charge in [0.2, 0.25) is 0 Å². The Morgan fingerprint density at radius 1 is 1.50 bits per heavy atom. The van der Waals surface area contributed by atoms with Crippen molar-refractivity contribution in [3.63, 3.8) is 0 Å². The van der Waals surface area contributed by atoms with Crippen LogP contribution in [-0.2, 0) is 4.79 Å². The lowest BCUT2D eigenvalue weighted by Crippen LogP contribution is -2.38. The van der Waals surface area contributed by atoms with Gasteiger partial charge in [0.1, 0.15) is 0 Å². The molecule has 6 nitrogen and oxygen atoms in total. The van der Waals surface area contributed by atoms with Crippen LogP contribution in [0.25, 0.3) is 0 Å². The number of hydrogen-bond donors (Lipinski definition) is 2. The van der Waals surface area contributed by atoms with E-state index in [4.69, 9.17) is 5.11 Å². The van der Waals surface area contributed by atoms with Crippen molar-refractivity contribution in [2.75, 3.05) is 11.9 Å². The molecule has 108 valence electrons. The number of rotatable bonds is 6. The number of nitrogens with zero attached hydrogens (tertiary/aromatic N) is 1. The van der Waals surface area contributed by atoms with Crippen molar-refractivity contribution in [2.45, 2.75) is 32.6 Å². The first-order chi connectivity index (χ1) is 9.42. The van der Waals surface area contributed by atoms with Crippen molar-refractivity contribution in [3.05, 3.63) is 33.9 Å². The third kappa shape index (κ3) is 3.07. The number of benzene rings is 1. The standard InChI is InChI=1S/C14H18N2O4/c1-10-7-11(16(19)20)3-4-12(10)15-9-14(5-2-6-14)8-13(17)18/h3-4,7,15H,2,5-6,8-9H2,1H3,(H,17,18). The van der Waals surface area contributed by atoms with E-state index in [-0.39, 0.29) is 17.5 Å². The summed E-state index contributed by atoms with van der Waals surface area (Å²) in [6.07, 6.45) is 3.07. The molecule has 1 aliphatic rings. The molecule has 0 saturated heterocycles. The average Bonchev–Trinajstić information content (AvgIpc) is 2.33. The largest absolute Gasteiger partial charge is 0.481 e. The summed E-state index contributed by atoms with van der Waals surface area (Å²) in [5.41, 5.74) is 1.52. The molecule has 1 aromatic carbocycles. The van der Waals surface area contributed by atoms with Crippen LogP contribution in [0.15, 0.2) is 18.2 Å². The summed E-state index contributed by atoms with van der Waals surface area (Å²) in [6.45, 7) is 2.40. The first-order valence-corrected chi connectivity index (χ1v) is 6.63. The zero-order valence-corrected chi connectivity index (χ0v) is 11.4. The predicted octanol–water partition coefficient (Wildman–Crippen LogP) is 2.96. The van der Waals surface area contributed by atoms with Crippen LogP contribution in [0, 0.1) is 22.5 Å². The van der Waals surface area contributed by atoms with E-state index in [9.17, 15) is 14.9 Å². The number of hydrogen-bond acceptors (Lipinski definition) is 4. The number of aliphatic carboxylic acids is 1. The minimum atomic E-state index is -0.771. The second-order valence-electron chi connectivity index (χ2n) is 5.53. The van der Waals surface area contributed by atoms with Crippen LogP contribution >= 0.6 is 0 Å². The summed E-state index contributed by atoms with van der Waals surface area (Å²) < 4.78 is 0. The van der Waals surface area contributed by atoms with Crippen molar-refractivity contribution in [1.29, 1.82) is 0 Å². The fourth-order valence-electron chi connectivity index (χ4n) is 2.66. The molecular formula is C14H18N2O4. The van der Waals surface area contributed by atoms with Crippen LogP contribution in [0.4, 0.5) is 11.4 Å². The van der Waals surface area contributed by atoms with Gasteiger partial charge in [-0.15, -0.1) is 0 Å². The minimum Gasteiger partial charge on any atom is -0.481 e. The van der Waals surface area contributed by atoms with Gasteiger partial charge in [-0.25, -0.2) is 0 Å². The second kappa shape index (κ2) is 5.48. The third-order valence-electron chi connectivity index (χ3n) is 4.02. The highest BCUT2D eigenvalue weighted by molar-refractivity contribution is 5.68. The normalized spacial score (nSPS) is 16.2. The molecule has 20 heavy (non-hydrogen) atoms. The number of aryl methyl sites for hydroxylation is 1. The summed E-state index contributed by atoms with van der Waals surface area (Å²) in [4.78, 5) is 21.2. The zero-order chi connectivity index (χ0) is 14.8. The van der Waals surface area contributed by atoms with Crippen molar-refractivity contribution in [2.24, 2.45) is 5.41 Å². The first kappa shape index (κ1) is 14.3. The number of nitro benzene ring substituents is 1. The van der Waals surface area contributed by atoms with Crippen molar-refractivity contribution in [1.82, 2.24) is 0 Å². The molecule has 0 amide bonds. The summed E-state index contributed by atoms with van der Waals surface area (Å²) in [5, 5.41) is 22.9. The number of nitrogens with one attached hydrogen (secondary N) is 1. The smallest absolute Gasteiger partial charge is 0.303 e. The molecule has 1 fully saturated rings. The molecule has 0 heterocycles. The molecule has 0 atom stereocenters. The molecule has 6 heteroatoms. The van der Waals surface area contributed by atoms with Gasteiger partial charge in [-0.2, -0.15) is 0 Å². The number of anilines is 1. The summed E-state index contributed by atoms with van der Waals surface area (Å²) in [7, 11) is 0. The summed E-state index contributed by atoms with van der Waals surface area (Å²) >= 11 is 0. The Hall–Kier alpha value is -2.11. The van der Waals surface area contributed by atoms with Crippen LogP contribution in [0.2, 0.25) is 0 Å². The molecule has 1 aliphatic carbocycles.